The molecule has 1 fully saturated rings. The first-order valence-electron chi connectivity index (χ1n) is 8.81. The summed E-state index contributed by atoms with van der Waals surface area (Å²) in [4.78, 5) is 38.3. The van der Waals surface area contributed by atoms with Crippen LogP contribution in [-0.4, -0.2) is 54.5 Å². The van der Waals surface area contributed by atoms with Gasteiger partial charge in [0.2, 0.25) is 5.91 Å². The van der Waals surface area contributed by atoms with E-state index in [-0.39, 0.29) is 24.8 Å². The fraction of sp³-hybridized carbons (Fsp3) is 0.526. The average molecular weight is 362 g/mol. The second kappa shape index (κ2) is 8.69. The summed E-state index contributed by atoms with van der Waals surface area (Å²) in [5.41, 5.74) is 1.87. The number of para-hydroxylation sites is 1. The SMILES string of the molecule is CCOC(=O)CC1C(=O)NCCN1C(=O)C(C)Oc1c(C)cccc1C. The Hall–Kier alpha value is -2.57. The number of carbonyl (C=O) groups excluding carboxylic acids is 3. The van der Waals surface area contributed by atoms with E-state index in [9.17, 15) is 14.4 Å². The Morgan fingerprint density at radius 3 is 2.58 bits per heavy atom. The molecule has 142 valence electrons. The van der Waals surface area contributed by atoms with Crippen molar-refractivity contribution in [1.82, 2.24) is 10.2 Å². The maximum atomic E-state index is 12.9. The van der Waals surface area contributed by atoms with Crippen LogP contribution >= 0.6 is 0 Å². The van der Waals surface area contributed by atoms with Gasteiger partial charge in [-0.15, -0.1) is 0 Å². The molecule has 0 radical (unpaired) electrons. The third-order valence-corrected chi connectivity index (χ3v) is 4.33. The van der Waals surface area contributed by atoms with E-state index < -0.39 is 18.1 Å². The second-order valence-corrected chi connectivity index (χ2v) is 6.33. The molecule has 1 saturated heterocycles. The Morgan fingerprint density at radius 1 is 1.31 bits per heavy atom. The molecule has 2 rings (SSSR count). The van der Waals surface area contributed by atoms with Crippen molar-refractivity contribution < 1.29 is 23.9 Å². The van der Waals surface area contributed by atoms with Crippen molar-refractivity contribution in [2.24, 2.45) is 0 Å². The lowest BCUT2D eigenvalue weighted by Gasteiger charge is -2.36. The van der Waals surface area contributed by atoms with Crippen molar-refractivity contribution in [3.8, 4) is 5.75 Å². The largest absolute Gasteiger partial charge is 0.480 e. The zero-order chi connectivity index (χ0) is 19.3. The number of carbonyl (C=O) groups is 3. The molecular formula is C19H26N2O5. The molecule has 1 aromatic carbocycles. The van der Waals surface area contributed by atoms with E-state index in [1.54, 1.807) is 13.8 Å². The molecule has 0 saturated carbocycles. The van der Waals surface area contributed by atoms with Gasteiger partial charge in [-0.05, 0) is 38.8 Å². The van der Waals surface area contributed by atoms with Crippen molar-refractivity contribution in [2.45, 2.75) is 46.3 Å². The highest BCUT2D eigenvalue weighted by Crippen LogP contribution is 2.24. The summed E-state index contributed by atoms with van der Waals surface area (Å²) in [5.74, 6) is -0.513. The number of piperazine rings is 1. The first-order chi connectivity index (χ1) is 12.3. The molecule has 1 aromatic rings. The normalized spacial score (nSPS) is 18.1. The molecule has 7 heteroatoms. The summed E-state index contributed by atoms with van der Waals surface area (Å²) in [6.07, 6.45) is -0.938. The second-order valence-electron chi connectivity index (χ2n) is 6.33. The molecule has 7 nitrogen and oxygen atoms in total. The molecule has 0 aromatic heterocycles. The van der Waals surface area contributed by atoms with Gasteiger partial charge >= 0.3 is 5.97 Å². The van der Waals surface area contributed by atoms with Crippen molar-refractivity contribution >= 4 is 17.8 Å². The highest BCUT2D eigenvalue weighted by molar-refractivity contribution is 5.93. The lowest BCUT2D eigenvalue weighted by atomic mass is 10.1. The monoisotopic (exact) mass is 362 g/mol. The van der Waals surface area contributed by atoms with Crippen LogP contribution in [0.5, 0.6) is 5.75 Å². The van der Waals surface area contributed by atoms with Crippen molar-refractivity contribution in [3.63, 3.8) is 0 Å². The van der Waals surface area contributed by atoms with Crippen molar-refractivity contribution in [1.29, 1.82) is 0 Å². The molecule has 1 N–H and O–H groups in total. The Kier molecular flexibility index (Phi) is 6.60. The minimum Gasteiger partial charge on any atom is -0.480 e. The lowest BCUT2D eigenvalue weighted by molar-refractivity contribution is -0.154. The number of esters is 1. The molecule has 0 bridgehead atoms. The van der Waals surface area contributed by atoms with Crippen LogP contribution in [0.15, 0.2) is 18.2 Å². The topological polar surface area (TPSA) is 84.9 Å². The predicted octanol–water partition coefficient (Wildman–Crippen LogP) is 1.35. The van der Waals surface area contributed by atoms with Crippen LogP contribution in [0.25, 0.3) is 0 Å². The van der Waals surface area contributed by atoms with Gasteiger partial charge in [-0.1, -0.05) is 18.2 Å². The number of benzene rings is 1. The summed E-state index contributed by atoms with van der Waals surface area (Å²) in [5, 5.41) is 2.69. The van der Waals surface area contributed by atoms with Crippen LogP contribution in [0, 0.1) is 13.8 Å². The summed E-state index contributed by atoms with van der Waals surface area (Å²) in [6.45, 7) is 8.08. The molecule has 0 aliphatic carbocycles. The summed E-state index contributed by atoms with van der Waals surface area (Å²) < 4.78 is 10.8. The maximum absolute atomic E-state index is 12.9. The van der Waals surface area contributed by atoms with Crippen LogP contribution in [0.4, 0.5) is 0 Å². The van der Waals surface area contributed by atoms with E-state index in [1.165, 1.54) is 4.90 Å². The number of nitrogens with one attached hydrogen (secondary N) is 1. The van der Waals surface area contributed by atoms with Crippen molar-refractivity contribution in [3.05, 3.63) is 29.3 Å². The minimum atomic E-state index is -0.876. The smallest absolute Gasteiger partial charge is 0.308 e. The average Bonchev–Trinajstić information content (AvgIpc) is 2.59. The molecule has 26 heavy (non-hydrogen) atoms. The summed E-state index contributed by atoms with van der Waals surface area (Å²) in [6, 6.07) is 4.88. The van der Waals surface area contributed by atoms with Gasteiger partial charge in [0.05, 0.1) is 13.0 Å². The van der Waals surface area contributed by atoms with Gasteiger partial charge < -0.3 is 19.7 Å². The van der Waals surface area contributed by atoms with E-state index >= 15 is 0 Å². The molecule has 2 unspecified atom stereocenters. The van der Waals surface area contributed by atoms with Gasteiger partial charge in [0.25, 0.3) is 5.91 Å². The van der Waals surface area contributed by atoms with E-state index in [0.29, 0.717) is 18.8 Å². The zero-order valence-corrected chi connectivity index (χ0v) is 15.7. The maximum Gasteiger partial charge on any atom is 0.308 e. The standard InChI is InChI=1S/C19H26N2O5/c1-5-25-16(22)11-15-18(23)20-9-10-21(15)19(24)14(4)26-17-12(2)7-6-8-13(17)3/h6-8,14-15H,5,9-11H2,1-4H3,(H,20,23). The molecule has 2 atom stereocenters. The molecule has 1 heterocycles. The Labute approximate surface area is 153 Å². The summed E-state index contributed by atoms with van der Waals surface area (Å²) in [7, 11) is 0. The number of nitrogens with zero attached hydrogens (tertiary/aromatic N) is 1. The molecular weight excluding hydrogens is 336 g/mol. The van der Waals surface area contributed by atoms with Crippen LogP contribution in [-0.2, 0) is 19.1 Å². The van der Waals surface area contributed by atoms with E-state index in [1.807, 2.05) is 32.0 Å². The van der Waals surface area contributed by atoms with Gasteiger partial charge in [-0.25, -0.2) is 0 Å². The molecule has 1 aliphatic heterocycles. The first-order valence-corrected chi connectivity index (χ1v) is 8.81. The number of ether oxygens (including phenoxy) is 2. The van der Waals surface area contributed by atoms with Crippen LogP contribution in [0.1, 0.15) is 31.4 Å². The fourth-order valence-corrected chi connectivity index (χ4v) is 3.00. The van der Waals surface area contributed by atoms with Gasteiger partial charge in [0, 0.05) is 13.1 Å². The van der Waals surface area contributed by atoms with Gasteiger partial charge in [0.1, 0.15) is 11.8 Å². The van der Waals surface area contributed by atoms with E-state index in [0.717, 1.165) is 11.1 Å². The highest BCUT2D eigenvalue weighted by Gasteiger charge is 2.37. The number of hydrogen-bond donors (Lipinski definition) is 1. The third kappa shape index (κ3) is 4.53. The summed E-state index contributed by atoms with van der Waals surface area (Å²) >= 11 is 0. The first kappa shape index (κ1) is 19.8. The van der Waals surface area contributed by atoms with Gasteiger partial charge in [-0.2, -0.15) is 0 Å². The number of amides is 2. The number of rotatable bonds is 6. The lowest BCUT2D eigenvalue weighted by Crippen LogP contribution is -2.60. The van der Waals surface area contributed by atoms with Gasteiger partial charge in [0.15, 0.2) is 6.10 Å². The quantitative estimate of drug-likeness (QED) is 0.772. The highest BCUT2D eigenvalue weighted by atomic mass is 16.5. The third-order valence-electron chi connectivity index (χ3n) is 4.33. The fourth-order valence-electron chi connectivity index (χ4n) is 3.00. The zero-order valence-electron chi connectivity index (χ0n) is 15.7. The van der Waals surface area contributed by atoms with Gasteiger partial charge in [-0.3, -0.25) is 14.4 Å². The molecule has 2 amide bonds. The Bertz CT molecular complexity index is 668. The van der Waals surface area contributed by atoms with Crippen molar-refractivity contribution in [2.75, 3.05) is 19.7 Å². The van der Waals surface area contributed by atoms with E-state index in [4.69, 9.17) is 9.47 Å². The molecule has 0 spiro atoms. The molecule has 1 aliphatic rings. The van der Waals surface area contributed by atoms with Crippen LogP contribution in [0.3, 0.4) is 0 Å². The predicted molar refractivity (Wildman–Crippen MR) is 95.8 cm³/mol. The van der Waals surface area contributed by atoms with Crippen LogP contribution < -0.4 is 10.1 Å². The Balaban J connectivity index is 2.13. The number of aryl methyl sites for hydroxylation is 2. The van der Waals surface area contributed by atoms with Crippen LogP contribution in [0.2, 0.25) is 0 Å². The van der Waals surface area contributed by atoms with E-state index in [2.05, 4.69) is 5.32 Å². The number of hydrogen-bond acceptors (Lipinski definition) is 5. The Morgan fingerprint density at radius 2 is 1.96 bits per heavy atom. The minimum absolute atomic E-state index is 0.165.